The molecule has 0 radical (unpaired) electrons. The monoisotopic (exact) mass is 309 g/mol. The molecule has 1 aliphatic rings. The third-order valence-electron chi connectivity index (χ3n) is 4.36. The van der Waals surface area contributed by atoms with Crippen molar-refractivity contribution in [1.82, 2.24) is 4.98 Å². The summed E-state index contributed by atoms with van der Waals surface area (Å²) in [4.78, 5) is 4.19. The number of pyridine rings is 1. The number of hydrogen-bond donors (Lipinski definition) is 2. The number of nitrogens with one attached hydrogen (secondary N) is 1. The van der Waals surface area contributed by atoms with Crippen LogP contribution >= 0.6 is 11.8 Å². The Morgan fingerprint density at radius 1 is 1.48 bits per heavy atom. The predicted octanol–water partition coefficient (Wildman–Crippen LogP) is 2.71. The van der Waals surface area contributed by atoms with Crippen LogP contribution in [0.15, 0.2) is 18.5 Å². The van der Waals surface area contributed by atoms with Gasteiger partial charge in [0.15, 0.2) is 0 Å². The van der Waals surface area contributed by atoms with Gasteiger partial charge in [-0.05, 0) is 42.6 Å². The highest BCUT2D eigenvalue weighted by Crippen LogP contribution is 2.39. The number of hydrogen-bond acceptors (Lipinski definition) is 5. The Kier molecular flexibility index (Phi) is 6.33. The highest BCUT2D eigenvalue weighted by atomic mass is 32.2. The largest absolute Gasteiger partial charge is 0.387 e. The van der Waals surface area contributed by atoms with Crippen LogP contribution in [0.3, 0.4) is 0 Å². The van der Waals surface area contributed by atoms with Crippen LogP contribution in [0.4, 0.5) is 5.69 Å². The van der Waals surface area contributed by atoms with Gasteiger partial charge >= 0.3 is 0 Å². The topological polar surface area (TPSA) is 60.2 Å². The molecule has 2 rings (SSSR count). The summed E-state index contributed by atoms with van der Waals surface area (Å²) in [6.45, 7) is 3.06. The van der Waals surface area contributed by atoms with Crippen LogP contribution < -0.4 is 11.1 Å². The van der Waals surface area contributed by atoms with Gasteiger partial charge in [-0.25, -0.2) is 0 Å². The molecule has 1 fully saturated rings. The van der Waals surface area contributed by atoms with Gasteiger partial charge in [-0.15, -0.1) is 0 Å². The number of rotatable bonds is 6. The fraction of sp³-hybridized carbons (Fsp3) is 0.688. The van der Waals surface area contributed by atoms with Crippen LogP contribution in [-0.4, -0.2) is 42.8 Å². The zero-order valence-corrected chi connectivity index (χ0v) is 14.0. The second kappa shape index (κ2) is 8.01. The minimum absolute atomic E-state index is 0.110. The maximum atomic E-state index is 6.40. The maximum absolute atomic E-state index is 6.40. The van der Waals surface area contributed by atoms with Crippen molar-refractivity contribution >= 4 is 17.4 Å². The lowest BCUT2D eigenvalue weighted by atomic mass is 9.74. The molecule has 3 unspecified atom stereocenters. The van der Waals surface area contributed by atoms with E-state index < -0.39 is 0 Å². The van der Waals surface area contributed by atoms with E-state index >= 15 is 0 Å². The standard InChI is InChI=1S/C16H27N3OS/c1-11-8-12(13-4-5-19-10-15(13)18-2)9-14(17)16(11)20-6-7-21-3/h4-5,10-12,14,16,18H,6-9,17H2,1-3H3/t11-,12?,14?,16?/m0/s1. The number of nitrogens with two attached hydrogens (primary N) is 1. The van der Waals surface area contributed by atoms with Gasteiger partial charge in [0.1, 0.15) is 0 Å². The van der Waals surface area contributed by atoms with Gasteiger partial charge in [0.05, 0.1) is 24.6 Å². The summed E-state index contributed by atoms with van der Waals surface area (Å²) in [6.07, 6.45) is 8.16. The van der Waals surface area contributed by atoms with Crippen molar-refractivity contribution in [3.63, 3.8) is 0 Å². The Bertz CT molecular complexity index is 431. The van der Waals surface area contributed by atoms with E-state index in [0.717, 1.165) is 30.9 Å². The molecule has 1 aliphatic carbocycles. The van der Waals surface area contributed by atoms with Crippen LogP contribution in [0.2, 0.25) is 0 Å². The minimum atomic E-state index is 0.110. The van der Waals surface area contributed by atoms with Crippen LogP contribution in [0.5, 0.6) is 0 Å². The molecule has 1 saturated carbocycles. The van der Waals surface area contributed by atoms with Crippen molar-refractivity contribution in [3.05, 3.63) is 24.0 Å². The first kappa shape index (κ1) is 16.6. The first-order valence-corrected chi connectivity index (χ1v) is 9.04. The summed E-state index contributed by atoms with van der Waals surface area (Å²) >= 11 is 1.81. The lowest BCUT2D eigenvalue weighted by Gasteiger charge is -2.39. The molecule has 0 aliphatic heterocycles. The number of nitrogens with zero attached hydrogens (tertiary/aromatic N) is 1. The summed E-state index contributed by atoms with van der Waals surface area (Å²) in [6, 6.07) is 2.23. The van der Waals surface area contributed by atoms with E-state index in [9.17, 15) is 0 Å². The second-order valence-electron chi connectivity index (χ2n) is 5.85. The molecule has 4 atom stereocenters. The number of thioether (sulfide) groups is 1. The molecule has 0 bridgehead atoms. The molecule has 1 aromatic heterocycles. The first-order valence-electron chi connectivity index (χ1n) is 7.65. The van der Waals surface area contributed by atoms with Crippen molar-refractivity contribution in [1.29, 1.82) is 0 Å². The lowest BCUT2D eigenvalue weighted by Crippen LogP contribution is -2.46. The van der Waals surface area contributed by atoms with Crippen LogP contribution in [-0.2, 0) is 4.74 Å². The van der Waals surface area contributed by atoms with Gasteiger partial charge in [0.25, 0.3) is 0 Å². The van der Waals surface area contributed by atoms with Crippen LogP contribution in [0.25, 0.3) is 0 Å². The van der Waals surface area contributed by atoms with E-state index in [-0.39, 0.29) is 12.1 Å². The summed E-state index contributed by atoms with van der Waals surface area (Å²) in [5.74, 6) is 2.01. The molecular weight excluding hydrogens is 282 g/mol. The van der Waals surface area contributed by atoms with E-state index in [1.165, 1.54) is 5.56 Å². The van der Waals surface area contributed by atoms with E-state index in [4.69, 9.17) is 10.5 Å². The van der Waals surface area contributed by atoms with Gasteiger partial charge in [-0.1, -0.05) is 6.92 Å². The first-order chi connectivity index (χ1) is 10.2. The van der Waals surface area contributed by atoms with E-state index in [2.05, 4.69) is 29.5 Å². The molecule has 0 saturated heterocycles. The summed E-state index contributed by atoms with van der Waals surface area (Å²) in [5, 5.41) is 3.24. The third-order valence-corrected chi connectivity index (χ3v) is 4.93. The molecule has 0 spiro atoms. The molecule has 3 N–H and O–H groups in total. The van der Waals surface area contributed by atoms with Gasteiger partial charge in [-0.2, -0.15) is 11.8 Å². The highest BCUT2D eigenvalue weighted by molar-refractivity contribution is 7.98. The zero-order valence-electron chi connectivity index (χ0n) is 13.2. The van der Waals surface area contributed by atoms with Gasteiger partial charge in [-0.3, -0.25) is 4.98 Å². The molecule has 1 heterocycles. The number of ether oxygens (including phenoxy) is 1. The fourth-order valence-corrected chi connectivity index (χ4v) is 3.61. The minimum Gasteiger partial charge on any atom is -0.387 e. The maximum Gasteiger partial charge on any atom is 0.0752 e. The predicted molar refractivity (Wildman–Crippen MR) is 91.0 cm³/mol. The molecule has 0 aromatic carbocycles. The Hall–Kier alpha value is -0.780. The molecular formula is C16H27N3OS. The molecule has 5 heteroatoms. The Morgan fingerprint density at radius 2 is 2.29 bits per heavy atom. The van der Waals surface area contributed by atoms with Crippen molar-refractivity contribution in [2.75, 3.05) is 31.0 Å². The summed E-state index contributed by atoms with van der Waals surface area (Å²) < 4.78 is 6.01. The van der Waals surface area contributed by atoms with Crippen molar-refractivity contribution < 1.29 is 4.74 Å². The van der Waals surface area contributed by atoms with E-state index in [0.29, 0.717) is 11.8 Å². The Morgan fingerprint density at radius 3 is 2.95 bits per heavy atom. The molecule has 4 nitrogen and oxygen atoms in total. The fourth-order valence-electron chi connectivity index (χ4n) is 3.34. The molecule has 118 valence electrons. The quantitative estimate of drug-likeness (QED) is 0.791. The SMILES string of the molecule is CNc1cnccc1C1CC(N)C(OCCSC)[C@@H](C)C1. The van der Waals surface area contributed by atoms with Crippen LogP contribution in [0, 0.1) is 5.92 Å². The second-order valence-corrected chi connectivity index (χ2v) is 6.84. The number of anilines is 1. The lowest BCUT2D eigenvalue weighted by molar-refractivity contribution is -0.0149. The molecule has 0 amide bonds. The van der Waals surface area contributed by atoms with Gasteiger partial charge in [0.2, 0.25) is 0 Å². The Labute approximate surface area is 132 Å². The van der Waals surface area contributed by atoms with E-state index in [1.54, 1.807) is 0 Å². The zero-order chi connectivity index (χ0) is 15.2. The summed E-state index contributed by atoms with van der Waals surface area (Å²) in [5.41, 5.74) is 8.85. The average Bonchev–Trinajstić information content (AvgIpc) is 2.49. The number of aromatic nitrogens is 1. The highest BCUT2D eigenvalue weighted by Gasteiger charge is 2.35. The third kappa shape index (κ3) is 4.11. The van der Waals surface area contributed by atoms with Gasteiger partial charge in [0, 0.05) is 25.0 Å². The van der Waals surface area contributed by atoms with E-state index in [1.807, 2.05) is 31.2 Å². The molecule has 1 aromatic rings. The normalized spacial score (nSPS) is 29.3. The van der Waals surface area contributed by atoms with Gasteiger partial charge < -0.3 is 15.8 Å². The van der Waals surface area contributed by atoms with Crippen molar-refractivity contribution in [2.45, 2.75) is 37.8 Å². The average molecular weight is 309 g/mol. The van der Waals surface area contributed by atoms with Crippen molar-refractivity contribution in [2.24, 2.45) is 11.7 Å². The summed E-state index contributed by atoms with van der Waals surface area (Å²) in [7, 11) is 1.95. The van der Waals surface area contributed by atoms with Crippen LogP contribution in [0.1, 0.15) is 31.2 Å². The van der Waals surface area contributed by atoms with Crippen molar-refractivity contribution in [3.8, 4) is 0 Å². The Balaban J connectivity index is 2.03. The molecule has 21 heavy (non-hydrogen) atoms. The smallest absolute Gasteiger partial charge is 0.0752 e.